The van der Waals surface area contributed by atoms with Crippen molar-refractivity contribution < 1.29 is 0 Å². The van der Waals surface area contributed by atoms with Gasteiger partial charge in [0.2, 0.25) is 0 Å². The third-order valence-corrected chi connectivity index (χ3v) is 13.6. The van der Waals surface area contributed by atoms with Crippen LogP contribution in [0.15, 0.2) is 139 Å². The normalized spacial score (nSPS) is 15.2. The maximum atomic E-state index is 2.56. The molecule has 0 radical (unpaired) electrons. The predicted molar refractivity (Wildman–Crippen MR) is 220 cm³/mol. The number of fused-ring (bicyclic) bond motifs is 12. The molecule has 6 heterocycles. The number of hydrogen-bond donors (Lipinski definition) is 0. The number of aromatic nitrogens is 3. The van der Waals surface area contributed by atoms with Gasteiger partial charge < -0.3 is 13.7 Å². The van der Waals surface area contributed by atoms with E-state index in [0.717, 1.165) is 0 Å². The molecule has 3 nitrogen and oxygen atoms in total. The van der Waals surface area contributed by atoms with Crippen molar-refractivity contribution in [2.24, 2.45) is 0 Å². The molecule has 0 spiro atoms. The van der Waals surface area contributed by atoms with Crippen molar-refractivity contribution in [2.75, 3.05) is 0 Å². The lowest BCUT2D eigenvalue weighted by molar-refractivity contribution is 0.596. The zero-order valence-corrected chi connectivity index (χ0v) is 30.3. The van der Waals surface area contributed by atoms with Gasteiger partial charge in [0.25, 0.3) is 0 Å². The highest BCUT2D eigenvalue weighted by atomic mass is 32.1. The minimum atomic E-state index is -0.253. The maximum absolute atomic E-state index is 2.56. The summed E-state index contributed by atoms with van der Waals surface area (Å²) in [6, 6.07) is 50.1. The van der Waals surface area contributed by atoms with Gasteiger partial charge >= 0.3 is 0 Å². The SMILES string of the molecule is CC1(C)c2sccc2-n2c3ccccc3c3c(-c4ccc5c6c(n(-c7ccccc7)c5c4)C(C)(C)c4cccc5c7ccccc7n-6c45)ccc1c32. The fraction of sp³-hybridized carbons (Fsp3) is 0.125. The van der Waals surface area contributed by atoms with E-state index in [4.69, 9.17) is 0 Å². The molecule has 0 N–H and O–H groups in total. The van der Waals surface area contributed by atoms with E-state index in [1.807, 2.05) is 11.3 Å². The van der Waals surface area contributed by atoms with Crippen LogP contribution in [0.5, 0.6) is 0 Å². The molecule has 0 aliphatic carbocycles. The fourth-order valence-electron chi connectivity index (χ4n) is 10.1. The Hall–Kier alpha value is -5.84. The second-order valence-corrected chi connectivity index (χ2v) is 16.7. The molecule has 4 heteroatoms. The summed E-state index contributed by atoms with van der Waals surface area (Å²) >= 11 is 1.88. The molecule has 0 fully saturated rings. The van der Waals surface area contributed by atoms with E-state index in [9.17, 15) is 0 Å². The van der Waals surface area contributed by atoms with Crippen LogP contribution in [-0.4, -0.2) is 13.7 Å². The minimum Gasteiger partial charge on any atom is -0.311 e. The van der Waals surface area contributed by atoms with Crippen LogP contribution in [0, 0.1) is 0 Å². The van der Waals surface area contributed by atoms with Crippen LogP contribution in [0.25, 0.3) is 82.7 Å². The van der Waals surface area contributed by atoms with Crippen LogP contribution in [0.1, 0.15) is 49.4 Å². The Labute approximate surface area is 305 Å². The lowest BCUT2D eigenvalue weighted by atomic mass is 9.77. The van der Waals surface area contributed by atoms with Crippen molar-refractivity contribution in [2.45, 2.75) is 38.5 Å². The lowest BCUT2D eigenvalue weighted by Gasteiger charge is -2.34. The highest BCUT2D eigenvalue weighted by Gasteiger charge is 2.41. The number of para-hydroxylation sites is 4. The van der Waals surface area contributed by atoms with Crippen LogP contribution >= 0.6 is 11.3 Å². The van der Waals surface area contributed by atoms with Gasteiger partial charge in [0.1, 0.15) is 0 Å². The number of rotatable bonds is 2. The minimum absolute atomic E-state index is 0.0822. The van der Waals surface area contributed by atoms with E-state index in [2.05, 4.69) is 180 Å². The zero-order chi connectivity index (χ0) is 34.7. The molecule has 0 saturated carbocycles. The van der Waals surface area contributed by atoms with Crippen molar-refractivity contribution in [3.8, 4) is 28.2 Å². The summed E-state index contributed by atoms with van der Waals surface area (Å²) < 4.78 is 7.66. The van der Waals surface area contributed by atoms with Gasteiger partial charge in [-0.3, -0.25) is 0 Å². The van der Waals surface area contributed by atoms with E-state index >= 15 is 0 Å². The molecule has 2 aliphatic rings. The third-order valence-electron chi connectivity index (χ3n) is 12.4. The molecule has 2 aliphatic heterocycles. The number of benzene rings is 6. The monoisotopic (exact) mass is 685 g/mol. The summed E-state index contributed by atoms with van der Waals surface area (Å²) in [6.45, 7) is 9.61. The van der Waals surface area contributed by atoms with Gasteiger partial charge in [-0.05, 0) is 64.0 Å². The molecule has 0 unspecified atom stereocenters. The number of nitrogens with zero attached hydrogens (tertiary/aromatic N) is 3. The molecule has 52 heavy (non-hydrogen) atoms. The maximum Gasteiger partial charge on any atom is 0.0763 e. The first kappa shape index (κ1) is 28.8. The summed E-state index contributed by atoms with van der Waals surface area (Å²) in [7, 11) is 0. The van der Waals surface area contributed by atoms with Crippen LogP contribution in [0.2, 0.25) is 0 Å². The Morgan fingerprint density at radius 3 is 2.04 bits per heavy atom. The Kier molecular flexibility index (Phi) is 5.28. The van der Waals surface area contributed by atoms with Crippen molar-refractivity contribution in [1.82, 2.24) is 13.7 Å². The van der Waals surface area contributed by atoms with Gasteiger partial charge in [0, 0.05) is 48.3 Å². The smallest absolute Gasteiger partial charge is 0.0763 e. The Bertz CT molecular complexity index is 3180. The number of hydrogen-bond acceptors (Lipinski definition) is 1. The molecule has 248 valence electrons. The first-order valence-corrected chi connectivity index (χ1v) is 19.2. The summed E-state index contributed by atoms with van der Waals surface area (Å²) in [5, 5.41) is 8.80. The van der Waals surface area contributed by atoms with Gasteiger partial charge in [-0.15, -0.1) is 11.3 Å². The van der Waals surface area contributed by atoms with Crippen LogP contribution in [-0.2, 0) is 10.8 Å². The van der Waals surface area contributed by atoms with Gasteiger partial charge in [-0.25, -0.2) is 0 Å². The second kappa shape index (κ2) is 9.52. The van der Waals surface area contributed by atoms with Gasteiger partial charge in [-0.1, -0.05) is 125 Å². The van der Waals surface area contributed by atoms with Gasteiger partial charge in [-0.2, -0.15) is 0 Å². The molecule has 6 aromatic carbocycles. The second-order valence-electron chi connectivity index (χ2n) is 15.8. The lowest BCUT2D eigenvalue weighted by Crippen LogP contribution is -2.28. The van der Waals surface area contributed by atoms with E-state index < -0.39 is 0 Å². The third kappa shape index (κ3) is 3.29. The molecule has 12 rings (SSSR count). The van der Waals surface area contributed by atoms with E-state index in [1.54, 1.807) is 0 Å². The number of thiophene rings is 1. The summed E-state index contributed by atoms with van der Waals surface area (Å²) in [4.78, 5) is 1.43. The van der Waals surface area contributed by atoms with Crippen molar-refractivity contribution in [3.05, 3.63) is 161 Å². The van der Waals surface area contributed by atoms with Crippen LogP contribution in [0.4, 0.5) is 0 Å². The first-order valence-electron chi connectivity index (χ1n) is 18.3. The van der Waals surface area contributed by atoms with Crippen LogP contribution < -0.4 is 0 Å². The summed E-state index contributed by atoms with van der Waals surface area (Å²) in [5.41, 5.74) is 16.5. The zero-order valence-electron chi connectivity index (χ0n) is 29.5. The molecular weight excluding hydrogens is 651 g/mol. The van der Waals surface area contributed by atoms with Crippen LogP contribution in [0.3, 0.4) is 0 Å². The molecule has 0 saturated heterocycles. The summed E-state index contributed by atoms with van der Waals surface area (Å²) in [5.74, 6) is 0. The molecule has 0 atom stereocenters. The topological polar surface area (TPSA) is 14.8 Å². The quantitative estimate of drug-likeness (QED) is 0.172. The molecule has 0 bridgehead atoms. The van der Waals surface area contributed by atoms with Gasteiger partial charge in [0.05, 0.1) is 44.7 Å². The van der Waals surface area contributed by atoms with E-state index in [1.165, 1.54) is 104 Å². The standard InChI is InChI=1S/C48H35N3S/c1-47(2)35-18-12-17-32-31-15-8-10-19-37(31)51(42(32)35)43-34-22-21-28(27-40(34)49(45(43)47)29-13-6-5-7-14-29)30-23-24-36-44-41(30)33-16-9-11-20-38(33)50(44)39-25-26-52-46(39)48(36,3)4/h5-27H,1-4H3. The Morgan fingerprint density at radius 2 is 1.21 bits per heavy atom. The molecule has 10 aromatic rings. The average Bonchev–Trinajstić information content (AvgIpc) is 3.94. The van der Waals surface area contributed by atoms with E-state index in [0.29, 0.717) is 0 Å². The molecule has 4 aromatic heterocycles. The highest BCUT2D eigenvalue weighted by molar-refractivity contribution is 7.10. The average molecular weight is 686 g/mol. The molecule has 0 amide bonds. The first-order chi connectivity index (χ1) is 25.4. The largest absolute Gasteiger partial charge is 0.311 e. The fourth-order valence-corrected chi connectivity index (χ4v) is 11.1. The van der Waals surface area contributed by atoms with Crippen molar-refractivity contribution in [3.63, 3.8) is 0 Å². The summed E-state index contributed by atoms with van der Waals surface area (Å²) in [6.07, 6.45) is 0. The van der Waals surface area contributed by atoms with Crippen molar-refractivity contribution >= 4 is 65.9 Å². The Balaban J connectivity index is 1.23. The van der Waals surface area contributed by atoms with Crippen molar-refractivity contribution in [1.29, 1.82) is 0 Å². The van der Waals surface area contributed by atoms with E-state index in [-0.39, 0.29) is 10.8 Å². The predicted octanol–water partition coefficient (Wildman–Crippen LogP) is 12.8. The Morgan fingerprint density at radius 1 is 0.500 bits per heavy atom. The molecular formula is C48H35N3S. The highest BCUT2D eigenvalue weighted by Crippen LogP contribution is 2.54. The van der Waals surface area contributed by atoms with Gasteiger partial charge in [0.15, 0.2) is 0 Å².